The van der Waals surface area contributed by atoms with Crippen molar-refractivity contribution >= 4 is 17.6 Å². The van der Waals surface area contributed by atoms with Crippen LogP contribution in [0, 0.1) is 0 Å². The number of rotatable bonds is 6. The summed E-state index contributed by atoms with van der Waals surface area (Å²) in [6, 6.07) is 14.7. The summed E-state index contributed by atoms with van der Waals surface area (Å²) in [5.74, 6) is 0.826. The summed E-state index contributed by atoms with van der Waals surface area (Å²) in [7, 11) is 0. The molecule has 2 unspecified atom stereocenters. The number of amides is 2. The number of nitrogens with one attached hydrogen (secondary N) is 2. The standard InChI is InChI=1S/C19H23ClN2O2/c1-4-24-18-10-8-15(9-11-18)13(2)21-19(23)22-14(3)16-6-5-7-17(20)12-16/h5-14H,4H2,1-3H3,(H2,21,22,23). The van der Waals surface area contributed by atoms with Gasteiger partial charge < -0.3 is 15.4 Å². The van der Waals surface area contributed by atoms with Crippen molar-refractivity contribution in [2.45, 2.75) is 32.9 Å². The molecular formula is C19H23ClN2O2. The van der Waals surface area contributed by atoms with E-state index in [4.69, 9.17) is 16.3 Å². The topological polar surface area (TPSA) is 50.4 Å². The van der Waals surface area contributed by atoms with E-state index in [1.807, 2.05) is 69.3 Å². The second-order valence-electron chi connectivity index (χ2n) is 5.62. The van der Waals surface area contributed by atoms with Crippen LogP contribution in [-0.2, 0) is 0 Å². The van der Waals surface area contributed by atoms with Gasteiger partial charge >= 0.3 is 6.03 Å². The van der Waals surface area contributed by atoms with E-state index in [1.165, 1.54) is 0 Å². The molecule has 2 rings (SSSR count). The van der Waals surface area contributed by atoms with Crippen LogP contribution < -0.4 is 15.4 Å². The third-order valence-electron chi connectivity index (χ3n) is 3.73. The molecule has 0 aliphatic heterocycles. The van der Waals surface area contributed by atoms with Crippen molar-refractivity contribution in [3.05, 3.63) is 64.7 Å². The van der Waals surface area contributed by atoms with Crippen molar-refractivity contribution in [2.24, 2.45) is 0 Å². The Hall–Kier alpha value is -2.20. The average Bonchev–Trinajstić information content (AvgIpc) is 2.55. The lowest BCUT2D eigenvalue weighted by Crippen LogP contribution is -2.38. The van der Waals surface area contributed by atoms with Crippen LogP contribution in [0.25, 0.3) is 0 Å². The Bertz CT molecular complexity index is 673. The molecule has 2 aromatic rings. The van der Waals surface area contributed by atoms with Gasteiger partial charge in [0.2, 0.25) is 0 Å². The Kier molecular flexibility index (Phi) is 6.50. The van der Waals surface area contributed by atoms with Crippen LogP contribution >= 0.6 is 11.6 Å². The van der Waals surface area contributed by atoms with E-state index in [9.17, 15) is 4.79 Å². The molecule has 0 radical (unpaired) electrons. The van der Waals surface area contributed by atoms with Crippen molar-refractivity contribution < 1.29 is 9.53 Å². The highest BCUT2D eigenvalue weighted by atomic mass is 35.5. The third-order valence-corrected chi connectivity index (χ3v) is 3.97. The summed E-state index contributed by atoms with van der Waals surface area (Å²) < 4.78 is 5.42. The lowest BCUT2D eigenvalue weighted by molar-refractivity contribution is 0.235. The Morgan fingerprint density at radius 1 is 1.04 bits per heavy atom. The molecular weight excluding hydrogens is 324 g/mol. The first-order valence-electron chi connectivity index (χ1n) is 8.05. The number of hydrogen-bond acceptors (Lipinski definition) is 2. The van der Waals surface area contributed by atoms with Crippen molar-refractivity contribution in [2.75, 3.05) is 6.61 Å². The van der Waals surface area contributed by atoms with Gasteiger partial charge in [-0.3, -0.25) is 0 Å². The van der Waals surface area contributed by atoms with Gasteiger partial charge in [-0.05, 0) is 56.2 Å². The van der Waals surface area contributed by atoms with Crippen molar-refractivity contribution in [3.8, 4) is 5.75 Å². The smallest absolute Gasteiger partial charge is 0.315 e. The number of halogens is 1. The molecule has 0 aliphatic rings. The van der Waals surface area contributed by atoms with Crippen LogP contribution in [-0.4, -0.2) is 12.6 Å². The molecule has 0 bridgehead atoms. The fraction of sp³-hybridized carbons (Fsp3) is 0.316. The first kappa shape index (κ1) is 18.1. The highest BCUT2D eigenvalue weighted by Crippen LogP contribution is 2.19. The van der Waals surface area contributed by atoms with Gasteiger partial charge in [0.05, 0.1) is 18.7 Å². The lowest BCUT2D eigenvalue weighted by atomic mass is 10.1. The quantitative estimate of drug-likeness (QED) is 0.784. The molecule has 2 aromatic carbocycles. The number of carbonyl (C=O) groups is 1. The minimum absolute atomic E-state index is 0.104. The van der Waals surface area contributed by atoms with Gasteiger partial charge in [0.1, 0.15) is 5.75 Å². The van der Waals surface area contributed by atoms with E-state index < -0.39 is 0 Å². The van der Waals surface area contributed by atoms with Crippen LogP contribution in [0.1, 0.15) is 44.0 Å². The Balaban J connectivity index is 1.91. The Morgan fingerprint density at radius 3 is 2.25 bits per heavy atom. The summed E-state index contributed by atoms with van der Waals surface area (Å²) in [4.78, 5) is 12.2. The zero-order valence-corrected chi connectivity index (χ0v) is 14.9. The third kappa shape index (κ3) is 5.17. The highest BCUT2D eigenvalue weighted by molar-refractivity contribution is 6.30. The van der Waals surface area contributed by atoms with Gasteiger partial charge in [0.25, 0.3) is 0 Å². The molecule has 0 aromatic heterocycles. The molecule has 2 N–H and O–H groups in total. The number of carbonyl (C=O) groups excluding carboxylic acids is 1. The summed E-state index contributed by atoms with van der Waals surface area (Å²) in [6.45, 7) is 6.45. The molecule has 5 heteroatoms. The van der Waals surface area contributed by atoms with Crippen LogP contribution in [0.5, 0.6) is 5.75 Å². The van der Waals surface area contributed by atoms with Gasteiger partial charge in [-0.2, -0.15) is 0 Å². The molecule has 0 aliphatic carbocycles. The van der Waals surface area contributed by atoms with Gasteiger partial charge in [-0.25, -0.2) is 4.79 Å². The van der Waals surface area contributed by atoms with E-state index in [2.05, 4.69) is 10.6 Å². The second-order valence-corrected chi connectivity index (χ2v) is 6.05. The molecule has 128 valence electrons. The van der Waals surface area contributed by atoms with Gasteiger partial charge in [0, 0.05) is 5.02 Å². The first-order chi connectivity index (χ1) is 11.5. The lowest BCUT2D eigenvalue weighted by Gasteiger charge is -2.19. The van der Waals surface area contributed by atoms with Crippen molar-refractivity contribution in [1.29, 1.82) is 0 Å². The molecule has 0 saturated carbocycles. The largest absolute Gasteiger partial charge is 0.494 e. The predicted octanol–water partition coefficient (Wildman–Crippen LogP) is 4.86. The van der Waals surface area contributed by atoms with Crippen molar-refractivity contribution in [3.63, 3.8) is 0 Å². The van der Waals surface area contributed by atoms with E-state index in [-0.39, 0.29) is 18.1 Å². The van der Waals surface area contributed by atoms with Crippen LogP contribution in [0.4, 0.5) is 4.79 Å². The van der Waals surface area contributed by atoms with E-state index in [0.29, 0.717) is 11.6 Å². The van der Waals surface area contributed by atoms with Crippen LogP contribution in [0.15, 0.2) is 48.5 Å². The van der Waals surface area contributed by atoms with E-state index in [0.717, 1.165) is 16.9 Å². The summed E-state index contributed by atoms with van der Waals surface area (Å²) in [5.41, 5.74) is 1.98. The SMILES string of the molecule is CCOc1ccc(C(C)NC(=O)NC(C)c2cccc(Cl)c2)cc1. The molecule has 2 atom stereocenters. The molecule has 24 heavy (non-hydrogen) atoms. The maximum atomic E-state index is 12.2. The Labute approximate surface area is 148 Å². The molecule has 4 nitrogen and oxygen atoms in total. The van der Waals surface area contributed by atoms with Crippen LogP contribution in [0.3, 0.4) is 0 Å². The van der Waals surface area contributed by atoms with Gasteiger partial charge in [0.15, 0.2) is 0 Å². The maximum absolute atomic E-state index is 12.2. The van der Waals surface area contributed by atoms with E-state index >= 15 is 0 Å². The fourth-order valence-corrected chi connectivity index (χ4v) is 2.60. The van der Waals surface area contributed by atoms with E-state index in [1.54, 1.807) is 0 Å². The molecule has 0 fully saturated rings. The normalized spacial score (nSPS) is 13.0. The van der Waals surface area contributed by atoms with Gasteiger partial charge in [-0.15, -0.1) is 0 Å². The van der Waals surface area contributed by atoms with Crippen molar-refractivity contribution in [1.82, 2.24) is 10.6 Å². The molecule has 0 spiro atoms. The predicted molar refractivity (Wildman–Crippen MR) is 97.6 cm³/mol. The minimum Gasteiger partial charge on any atom is -0.494 e. The molecule has 0 saturated heterocycles. The molecule has 2 amide bonds. The first-order valence-corrected chi connectivity index (χ1v) is 8.42. The number of benzene rings is 2. The minimum atomic E-state index is -0.219. The monoisotopic (exact) mass is 346 g/mol. The van der Waals surface area contributed by atoms with Gasteiger partial charge in [-0.1, -0.05) is 35.9 Å². The number of urea groups is 1. The summed E-state index contributed by atoms with van der Waals surface area (Å²) in [5, 5.41) is 6.52. The summed E-state index contributed by atoms with van der Waals surface area (Å²) in [6.07, 6.45) is 0. The molecule has 0 heterocycles. The van der Waals surface area contributed by atoms with Crippen LogP contribution in [0.2, 0.25) is 5.02 Å². The zero-order chi connectivity index (χ0) is 17.5. The average molecular weight is 347 g/mol. The number of ether oxygens (including phenoxy) is 1. The highest BCUT2D eigenvalue weighted by Gasteiger charge is 2.13. The Morgan fingerprint density at radius 2 is 1.67 bits per heavy atom. The number of hydrogen-bond donors (Lipinski definition) is 2. The second kappa shape index (κ2) is 8.60. The zero-order valence-electron chi connectivity index (χ0n) is 14.2. The fourth-order valence-electron chi connectivity index (χ4n) is 2.40. The summed E-state index contributed by atoms with van der Waals surface area (Å²) >= 11 is 5.99. The maximum Gasteiger partial charge on any atom is 0.315 e.